The summed E-state index contributed by atoms with van der Waals surface area (Å²) in [7, 11) is 0. The summed E-state index contributed by atoms with van der Waals surface area (Å²) >= 11 is 12.2. The number of morpholine rings is 1. The first-order chi connectivity index (χ1) is 11.1. The molecule has 7 heteroatoms. The minimum Gasteiger partial charge on any atom is -0.379 e. The monoisotopic (exact) mass is 354 g/mol. The van der Waals surface area contributed by atoms with Gasteiger partial charge in [-0.25, -0.2) is 4.68 Å². The van der Waals surface area contributed by atoms with Crippen LogP contribution in [0.5, 0.6) is 0 Å². The van der Waals surface area contributed by atoms with Crippen LogP contribution in [0.25, 0.3) is 5.69 Å². The summed E-state index contributed by atoms with van der Waals surface area (Å²) in [6.45, 7) is 7.48. The van der Waals surface area contributed by atoms with Crippen molar-refractivity contribution in [1.82, 2.24) is 14.7 Å². The van der Waals surface area contributed by atoms with Gasteiger partial charge in [-0.3, -0.25) is 4.90 Å². The Morgan fingerprint density at radius 1 is 1.22 bits per heavy atom. The first-order valence-corrected chi connectivity index (χ1v) is 8.45. The van der Waals surface area contributed by atoms with E-state index in [-0.39, 0.29) is 0 Å². The van der Waals surface area contributed by atoms with E-state index in [0.29, 0.717) is 10.0 Å². The molecule has 0 bridgehead atoms. The highest BCUT2D eigenvalue weighted by atomic mass is 35.5. The highest BCUT2D eigenvalue weighted by Crippen LogP contribution is 2.25. The van der Waals surface area contributed by atoms with Crippen LogP contribution >= 0.6 is 23.2 Å². The van der Waals surface area contributed by atoms with Crippen molar-refractivity contribution in [2.45, 2.75) is 6.92 Å². The number of nitrogens with zero attached hydrogens (tertiary/aromatic N) is 3. The first kappa shape index (κ1) is 16.6. The third-order valence-corrected chi connectivity index (χ3v) is 4.40. The number of rotatable bonds is 5. The van der Waals surface area contributed by atoms with Crippen LogP contribution in [0.3, 0.4) is 0 Å². The number of anilines is 1. The number of halogens is 2. The maximum Gasteiger partial charge on any atom is 0.148 e. The molecular weight excluding hydrogens is 335 g/mol. The van der Waals surface area contributed by atoms with Crippen molar-refractivity contribution in [3.63, 3.8) is 0 Å². The maximum absolute atomic E-state index is 6.27. The zero-order valence-electron chi connectivity index (χ0n) is 13.1. The summed E-state index contributed by atoms with van der Waals surface area (Å²) < 4.78 is 7.18. The smallest absolute Gasteiger partial charge is 0.148 e. The average Bonchev–Trinajstić information content (AvgIpc) is 2.89. The molecule has 3 rings (SSSR count). The Labute approximate surface area is 146 Å². The van der Waals surface area contributed by atoms with Crippen molar-refractivity contribution in [1.29, 1.82) is 0 Å². The number of nitrogens with one attached hydrogen (secondary N) is 1. The molecule has 1 aliphatic heterocycles. The van der Waals surface area contributed by atoms with E-state index in [0.717, 1.165) is 56.6 Å². The molecule has 0 unspecified atom stereocenters. The van der Waals surface area contributed by atoms with Gasteiger partial charge < -0.3 is 10.1 Å². The van der Waals surface area contributed by atoms with Crippen LogP contribution in [-0.4, -0.2) is 54.1 Å². The largest absolute Gasteiger partial charge is 0.379 e. The molecule has 0 radical (unpaired) electrons. The predicted molar refractivity (Wildman–Crippen MR) is 94.1 cm³/mol. The lowest BCUT2D eigenvalue weighted by Crippen LogP contribution is -2.39. The van der Waals surface area contributed by atoms with Crippen LogP contribution in [-0.2, 0) is 4.74 Å². The average molecular weight is 355 g/mol. The highest BCUT2D eigenvalue weighted by molar-refractivity contribution is 6.35. The molecular formula is C16H20Cl2N4O. The number of aromatic nitrogens is 2. The molecule has 23 heavy (non-hydrogen) atoms. The number of hydrogen-bond acceptors (Lipinski definition) is 4. The van der Waals surface area contributed by atoms with E-state index in [1.165, 1.54) is 0 Å². The lowest BCUT2D eigenvalue weighted by molar-refractivity contribution is 0.0398. The SMILES string of the molecule is Cc1cc(NCCN2CCOCC2)nn1-c1ccc(Cl)cc1Cl. The Hall–Kier alpha value is -1.27. The van der Waals surface area contributed by atoms with Gasteiger partial charge in [-0.15, -0.1) is 0 Å². The second-order valence-corrected chi connectivity index (χ2v) is 6.40. The molecule has 124 valence electrons. The summed E-state index contributed by atoms with van der Waals surface area (Å²) in [5, 5.41) is 9.16. The molecule has 2 aromatic rings. The molecule has 0 spiro atoms. The van der Waals surface area contributed by atoms with Gasteiger partial charge in [0.25, 0.3) is 0 Å². The van der Waals surface area contributed by atoms with Crippen molar-refractivity contribution < 1.29 is 4.74 Å². The summed E-state index contributed by atoms with van der Waals surface area (Å²) in [6.07, 6.45) is 0. The summed E-state index contributed by atoms with van der Waals surface area (Å²) in [4.78, 5) is 2.39. The molecule has 0 saturated carbocycles. The topological polar surface area (TPSA) is 42.3 Å². The quantitative estimate of drug-likeness (QED) is 0.894. The third kappa shape index (κ3) is 4.18. The predicted octanol–water partition coefficient (Wildman–Crippen LogP) is 3.23. The highest BCUT2D eigenvalue weighted by Gasteiger charge is 2.12. The van der Waals surface area contributed by atoms with Crippen molar-refractivity contribution in [2.75, 3.05) is 44.7 Å². The molecule has 5 nitrogen and oxygen atoms in total. The van der Waals surface area contributed by atoms with Gasteiger partial charge in [-0.05, 0) is 25.1 Å². The van der Waals surface area contributed by atoms with E-state index in [1.807, 2.05) is 29.8 Å². The molecule has 1 aliphatic rings. The van der Waals surface area contributed by atoms with Crippen molar-refractivity contribution >= 4 is 29.0 Å². The van der Waals surface area contributed by atoms with Gasteiger partial charge in [0.1, 0.15) is 5.82 Å². The number of hydrogen-bond donors (Lipinski definition) is 1. The van der Waals surface area contributed by atoms with Gasteiger partial charge in [0, 0.05) is 43.0 Å². The lowest BCUT2D eigenvalue weighted by Gasteiger charge is -2.26. The number of ether oxygens (including phenoxy) is 1. The van der Waals surface area contributed by atoms with E-state index in [2.05, 4.69) is 15.3 Å². The Bertz CT molecular complexity index is 668. The molecule has 1 aromatic carbocycles. The lowest BCUT2D eigenvalue weighted by atomic mass is 10.3. The normalized spacial score (nSPS) is 15.8. The minimum atomic E-state index is 0.587. The fourth-order valence-electron chi connectivity index (χ4n) is 2.62. The van der Waals surface area contributed by atoms with E-state index < -0.39 is 0 Å². The van der Waals surface area contributed by atoms with Gasteiger partial charge in [0.2, 0.25) is 0 Å². The minimum absolute atomic E-state index is 0.587. The molecule has 0 aliphatic carbocycles. The second-order valence-electron chi connectivity index (χ2n) is 5.56. The van der Waals surface area contributed by atoms with Crippen LogP contribution in [0.15, 0.2) is 24.3 Å². The third-order valence-electron chi connectivity index (χ3n) is 3.86. The van der Waals surface area contributed by atoms with Crippen LogP contribution in [0, 0.1) is 6.92 Å². The van der Waals surface area contributed by atoms with Crippen LogP contribution in [0.2, 0.25) is 10.0 Å². The van der Waals surface area contributed by atoms with Gasteiger partial charge in [-0.1, -0.05) is 23.2 Å². The summed E-state index contributed by atoms with van der Waals surface area (Å²) in [5.74, 6) is 0.849. The van der Waals surface area contributed by atoms with Crippen LogP contribution in [0.1, 0.15) is 5.69 Å². The van der Waals surface area contributed by atoms with Gasteiger partial charge in [0.15, 0.2) is 0 Å². The molecule has 1 aromatic heterocycles. The summed E-state index contributed by atoms with van der Waals surface area (Å²) in [6, 6.07) is 7.44. The van der Waals surface area contributed by atoms with Gasteiger partial charge >= 0.3 is 0 Å². The Morgan fingerprint density at radius 2 is 2.00 bits per heavy atom. The van der Waals surface area contributed by atoms with Crippen molar-refractivity contribution in [3.8, 4) is 5.69 Å². The fourth-order valence-corrected chi connectivity index (χ4v) is 3.11. The van der Waals surface area contributed by atoms with E-state index in [9.17, 15) is 0 Å². The van der Waals surface area contributed by atoms with E-state index >= 15 is 0 Å². The van der Waals surface area contributed by atoms with Gasteiger partial charge in [0.05, 0.1) is 23.9 Å². The standard InChI is InChI=1S/C16H20Cl2N4O/c1-12-10-16(19-4-5-21-6-8-23-9-7-21)20-22(12)15-3-2-13(17)11-14(15)18/h2-3,10-11H,4-9H2,1H3,(H,19,20). The molecule has 1 saturated heterocycles. The van der Waals surface area contributed by atoms with Crippen LogP contribution < -0.4 is 5.32 Å². The number of aryl methyl sites for hydroxylation is 1. The molecule has 2 heterocycles. The van der Waals surface area contributed by atoms with Gasteiger partial charge in [-0.2, -0.15) is 5.10 Å². The molecule has 1 N–H and O–H groups in total. The second kappa shape index (κ2) is 7.53. The van der Waals surface area contributed by atoms with Crippen LogP contribution in [0.4, 0.5) is 5.82 Å². The fraction of sp³-hybridized carbons (Fsp3) is 0.438. The van der Waals surface area contributed by atoms with Crippen molar-refractivity contribution in [2.24, 2.45) is 0 Å². The van der Waals surface area contributed by atoms with E-state index in [4.69, 9.17) is 27.9 Å². The molecule has 0 amide bonds. The zero-order chi connectivity index (χ0) is 16.2. The summed E-state index contributed by atoms with van der Waals surface area (Å²) in [5.41, 5.74) is 1.85. The Morgan fingerprint density at radius 3 is 2.74 bits per heavy atom. The molecule has 1 fully saturated rings. The molecule has 0 atom stereocenters. The number of benzene rings is 1. The van der Waals surface area contributed by atoms with Crippen molar-refractivity contribution in [3.05, 3.63) is 40.0 Å². The zero-order valence-corrected chi connectivity index (χ0v) is 14.6. The first-order valence-electron chi connectivity index (χ1n) is 7.69. The Balaban J connectivity index is 1.63. The van der Waals surface area contributed by atoms with E-state index in [1.54, 1.807) is 6.07 Å². The Kier molecular flexibility index (Phi) is 5.43. The maximum atomic E-state index is 6.27.